The fourth-order valence-corrected chi connectivity index (χ4v) is 3.56. The van der Waals surface area contributed by atoms with Crippen molar-refractivity contribution in [2.75, 3.05) is 0 Å². The average Bonchev–Trinajstić information content (AvgIpc) is 2.46. The van der Waals surface area contributed by atoms with E-state index in [1.54, 1.807) is 0 Å². The van der Waals surface area contributed by atoms with Crippen LogP contribution in [0.5, 0.6) is 0 Å². The van der Waals surface area contributed by atoms with Gasteiger partial charge in [0.1, 0.15) is 0 Å². The van der Waals surface area contributed by atoms with Gasteiger partial charge in [0.05, 0.1) is 11.2 Å². The van der Waals surface area contributed by atoms with Gasteiger partial charge in [-0.2, -0.15) is 0 Å². The van der Waals surface area contributed by atoms with E-state index in [1.807, 2.05) is 18.2 Å². The maximum atomic E-state index is 6.43. The molecule has 2 unspecified atom stereocenters. The highest BCUT2D eigenvalue weighted by Gasteiger charge is 2.47. The monoisotopic (exact) mass is 281 g/mol. The fourth-order valence-electron chi connectivity index (χ4n) is 3.35. The normalized spacial score (nSPS) is 26.3. The third-order valence-electron chi connectivity index (χ3n) is 4.02. The SMILES string of the molecule is CC1(C)CC(C(N)Cc2cccc(Cl)c2)C(C)(C)O1. The first-order valence-corrected chi connectivity index (χ1v) is 7.28. The molecule has 1 fully saturated rings. The largest absolute Gasteiger partial charge is 0.369 e. The lowest BCUT2D eigenvalue weighted by atomic mass is 9.80. The van der Waals surface area contributed by atoms with Crippen molar-refractivity contribution in [3.63, 3.8) is 0 Å². The van der Waals surface area contributed by atoms with Gasteiger partial charge in [0, 0.05) is 17.0 Å². The molecule has 1 aliphatic heterocycles. The smallest absolute Gasteiger partial charge is 0.0677 e. The number of halogens is 1. The summed E-state index contributed by atoms with van der Waals surface area (Å²) in [5.74, 6) is 0.362. The summed E-state index contributed by atoms with van der Waals surface area (Å²) < 4.78 is 6.13. The van der Waals surface area contributed by atoms with Crippen LogP contribution in [-0.2, 0) is 11.2 Å². The molecule has 3 heteroatoms. The van der Waals surface area contributed by atoms with E-state index in [4.69, 9.17) is 22.1 Å². The second-order valence-corrected chi connectivity index (χ2v) is 7.21. The number of ether oxygens (including phenoxy) is 1. The summed E-state index contributed by atoms with van der Waals surface area (Å²) in [5.41, 5.74) is 7.38. The van der Waals surface area contributed by atoms with E-state index in [9.17, 15) is 0 Å². The zero-order chi connectivity index (χ0) is 14.3. The van der Waals surface area contributed by atoms with Gasteiger partial charge in [0.25, 0.3) is 0 Å². The third-order valence-corrected chi connectivity index (χ3v) is 4.26. The highest BCUT2D eigenvalue weighted by molar-refractivity contribution is 6.30. The van der Waals surface area contributed by atoms with Crippen molar-refractivity contribution in [3.8, 4) is 0 Å². The van der Waals surface area contributed by atoms with Crippen LogP contribution in [0.3, 0.4) is 0 Å². The van der Waals surface area contributed by atoms with Crippen LogP contribution >= 0.6 is 11.6 Å². The molecule has 0 aromatic heterocycles. The van der Waals surface area contributed by atoms with E-state index < -0.39 is 0 Å². The zero-order valence-corrected chi connectivity index (χ0v) is 13.0. The molecule has 2 N–H and O–H groups in total. The molecule has 1 saturated heterocycles. The van der Waals surface area contributed by atoms with Gasteiger partial charge in [0.15, 0.2) is 0 Å². The summed E-state index contributed by atoms with van der Waals surface area (Å²) in [5, 5.41) is 0.770. The minimum absolute atomic E-state index is 0.0832. The Hall–Kier alpha value is -0.570. The Morgan fingerprint density at radius 3 is 2.58 bits per heavy atom. The topological polar surface area (TPSA) is 35.2 Å². The molecule has 106 valence electrons. The van der Waals surface area contributed by atoms with Crippen molar-refractivity contribution in [3.05, 3.63) is 34.9 Å². The highest BCUT2D eigenvalue weighted by atomic mass is 35.5. The number of rotatable bonds is 3. The van der Waals surface area contributed by atoms with Gasteiger partial charge in [-0.15, -0.1) is 0 Å². The predicted molar refractivity (Wildman–Crippen MR) is 80.5 cm³/mol. The van der Waals surface area contributed by atoms with Gasteiger partial charge in [-0.25, -0.2) is 0 Å². The number of benzene rings is 1. The van der Waals surface area contributed by atoms with Gasteiger partial charge in [-0.05, 0) is 58.2 Å². The summed E-state index contributed by atoms with van der Waals surface area (Å²) in [7, 11) is 0. The van der Waals surface area contributed by atoms with Crippen molar-refractivity contribution in [1.82, 2.24) is 0 Å². The van der Waals surface area contributed by atoms with Gasteiger partial charge < -0.3 is 10.5 Å². The Morgan fingerprint density at radius 1 is 1.37 bits per heavy atom. The second kappa shape index (κ2) is 5.08. The van der Waals surface area contributed by atoms with Crippen LogP contribution in [0.15, 0.2) is 24.3 Å². The second-order valence-electron chi connectivity index (χ2n) is 6.77. The Bertz CT molecular complexity index is 456. The molecule has 2 rings (SSSR count). The average molecular weight is 282 g/mol. The summed E-state index contributed by atoms with van der Waals surface area (Å²) in [6.45, 7) is 8.57. The van der Waals surface area contributed by atoms with Gasteiger partial charge in [-0.1, -0.05) is 23.7 Å². The zero-order valence-electron chi connectivity index (χ0n) is 12.2. The van der Waals surface area contributed by atoms with E-state index in [0.717, 1.165) is 17.9 Å². The lowest BCUT2D eigenvalue weighted by molar-refractivity contribution is -0.0765. The minimum Gasteiger partial charge on any atom is -0.369 e. The number of hydrogen-bond donors (Lipinski definition) is 1. The lowest BCUT2D eigenvalue weighted by Crippen LogP contribution is -2.42. The van der Waals surface area contributed by atoms with E-state index >= 15 is 0 Å². The third kappa shape index (κ3) is 3.50. The standard InChI is InChI=1S/C16H24ClNO/c1-15(2)10-13(16(3,4)19-15)14(18)9-11-6-5-7-12(17)8-11/h5-8,13-14H,9-10,18H2,1-4H3. The van der Waals surface area contributed by atoms with Crippen LogP contribution in [0.2, 0.25) is 5.02 Å². The van der Waals surface area contributed by atoms with Crippen LogP contribution in [0, 0.1) is 5.92 Å². The molecule has 0 amide bonds. The summed E-state index contributed by atoms with van der Waals surface area (Å²) in [6, 6.07) is 8.04. The molecule has 2 nitrogen and oxygen atoms in total. The van der Waals surface area contributed by atoms with E-state index in [-0.39, 0.29) is 17.2 Å². The quantitative estimate of drug-likeness (QED) is 0.914. The van der Waals surface area contributed by atoms with E-state index in [1.165, 1.54) is 5.56 Å². The Balaban J connectivity index is 2.10. The molecule has 2 atom stereocenters. The summed E-state index contributed by atoms with van der Waals surface area (Å²) in [4.78, 5) is 0. The number of nitrogens with two attached hydrogens (primary N) is 1. The van der Waals surface area contributed by atoms with Gasteiger partial charge in [0.2, 0.25) is 0 Å². The van der Waals surface area contributed by atoms with Crippen molar-refractivity contribution in [2.45, 2.75) is 57.8 Å². The van der Waals surface area contributed by atoms with Gasteiger partial charge in [-0.3, -0.25) is 0 Å². The molecule has 1 aromatic carbocycles. The van der Waals surface area contributed by atoms with Crippen LogP contribution in [0.1, 0.15) is 39.7 Å². The molecular formula is C16H24ClNO. The Labute approximate surface area is 121 Å². The summed E-state index contributed by atoms with van der Waals surface area (Å²) in [6.07, 6.45) is 1.84. The van der Waals surface area contributed by atoms with Crippen LogP contribution in [0.25, 0.3) is 0 Å². The first-order chi connectivity index (χ1) is 8.70. The van der Waals surface area contributed by atoms with Crippen molar-refractivity contribution in [2.24, 2.45) is 11.7 Å². The maximum absolute atomic E-state index is 6.43. The molecule has 0 radical (unpaired) electrons. The molecule has 0 bridgehead atoms. The number of hydrogen-bond acceptors (Lipinski definition) is 2. The Kier molecular flexibility index (Phi) is 3.97. The molecule has 1 aromatic rings. The molecule has 19 heavy (non-hydrogen) atoms. The van der Waals surface area contributed by atoms with Crippen molar-refractivity contribution >= 4 is 11.6 Å². The molecule has 0 saturated carbocycles. The van der Waals surface area contributed by atoms with Crippen LogP contribution < -0.4 is 5.73 Å². The lowest BCUT2D eigenvalue weighted by Gasteiger charge is -2.31. The van der Waals surface area contributed by atoms with E-state index in [2.05, 4.69) is 33.8 Å². The van der Waals surface area contributed by atoms with E-state index in [0.29, 0.717) is 5.92 Å². The van der Waals surface area contributed by atoms with Crippen LogP contribution in [-0.4, -0.2) is 17.2 Å². The minimum atomic E-state index is -0.165. The van der Waals surface area contributed by atoms with Crippen molar-refractivity contribution in [1.29, 1.82) is 0 Å². The first kappa shape index (κ1) is 14.8. The molecule has 1 heterocycles. The highest BCUT2D eigenvalue weighted by Crippen LogP contribution is 2.43. The molecule has 0 spiro atoms. The molecular weight excluding hydrogens is 258 g/mol. The maximum Gasteiger partial charge on any atom is 0.0677 e. The Morgan fingerprint density at radius 2 is 2.05 bits per heavy atom. The van der Waals surface area contributed by atoms with Crippen LogP contribution in [0.4, 0.5) is 0 Å². The fraction of sp³-hybridized carbons (Fsp3) is 0.625. The summed E-state index contributed by atoms with van der Waals surface area (Å²) >= 11 is 6.02. The molecule has 1 aliphatic rings. The molecule has 0 aliphatic carbocycles. The van der Waals surface area contributed by atoms with Crippen molar-refractivity contribution < 1.29 is 4.74 Å². The van der Waals surface area contributed by atoms with Gasteiger partial charge >= 0.3 is 0 Å². The first-order valence-electron chi connectivity index (χ1n) is 6.90. The predicted octanol–water partition coefficient (Wildman–Crippen LogP) is 3.80.